The van der Waals surface area contributed by atoms with Gasteiger partial charge in [-0.1, -0.05) is 0 Å². The topological polar surface area (TPSA) is 83.3 Å². The van der Waals surface area contributed by atoms with Crippen molar-refractivity contribution in [1.82, 2.24) is 14.8 Å². The molecule has 0 aliphatic heterocycles. The Bertz CT molecular complexity index is 670. The van der Waals surface area contributed by atoms with Gasteiger partial charge in [0, 0.05) is 12.3 Å². The summed E-state index contributed by atoms with van der Waals surface area (Å²) in [5, 5.41) is 4.21. The maximum atomic E-state index is 12.0. The third-order valence-electron chi connectivity index (χ3n) is 2.88. The number of halogens is 1. The zero-order valence-electron chi connectivity index (χ0n) is 12.6. The van der Waals surface area contributed by atoms with Gasteiger partial charge in [-0.15, -0.1) is 0 Å². The van der Waals surface area contributed by atoms with Crippen LogP contribution in [0.3, 0.4) is 0 Å². The van der Waals surface area contributed by atoms with Crippen LogP contribution in [0.4, 0.5) is 4.39 Å². The molecular weight excluding hydrogens is 305 g/mol. The van der Waals surface area contributed by atoms with E-state index in [4.69, 9.17) is 9.47 Å². The van der Waals surface area contributed by atoms with Gasteiger partial charge in [-0.3, -0.25) is 9.59 Å². The predicted molar refractivity (Wildman–Crippen MR) is 78.6 cm³/mol. The van der Waals surface area contributed by atoms with Gasteiger partial charge in [0.1, 0.15) is 13.3 Å². The zero-order valence-corrected chi connectivity index (χ0v) is 12.6. The van der Waals surface area contributed by atoms with E-state index in [1.165, 1.54) is 17.1 Å². The van der Waals surface area contributed by atoms with Gasteiger partial charge in [0.05, 0.1) is 36.2 Å². The molecule has 2 rings (SSSR count). The molecule has 0 saturated carbocycles. The van der Waals surface area contributed by atoms with E-state index in [0.717, 1.165) is 0 Å². The first kappa shape index (κ1) is 16.6. The summed E-state index contributed by atoms with van der Waals surface area (Å²) in [6.07, 6.45) is 3.52. The number of esters is 1. The molecule has 0 radical (unpaired) electrons. The standard InChI is InChI=1S/C15H16FN3O4/c1-2-22-15(21)7-13-11(10-20)9-19(18-13)12-3-4-14(17-8-12)23-6-5-16/h3-4,8-10H,2,5-7H2,1H3. The lowest BCUT2D eigenvalue weighted by Crippen LogP contribution is -2.09. The minimum absolute atomic E-state index is 0.0624. The second kappa shape index (κ2) is 8.02. The first-order valence-corrected chi connectivity index (χ1v) is 7.02. The number of hydrogen-bond donors (Lipinski definition) is 0. The van der Waals surface area contributed by atoms with Crippen molar-refractivity contribution in [2.75, 3.05) is 19.9 Å². The van der Waals surface area contributed by atoms with Gasteiger partial charge < -0.3 is 9.47 Å². The molecule has 122 valence electrons. The monoisotopic (exact) mass is 321 g/mol. The summed E-state index contributed by atoms with van der Waals surface area (Å²) in [5.41, 5.74) is 1.21. The van der Waals surface area contributed by atoms with Crippen molar-refractivity contribution in [3.63, 3.8) is 0 Å². The number of aromatic nitrogens is 3. The lowest BCUT2D eigenvalue weighted by atomic mass is 10.2. The van der Waals surface area contributed by atoms with Crippen molar-refractivity contribution < 1.29 is 23.5 Å². The van der Waals surface area contributed by atoms with Crippen molar-refractivity contribution in [2.45, 2.75) is 13.3 Å². The fourth-order valence-electron chi connectivity index (χ4n) is 1.88. The van der Waals surface area contributed by atoms with E-state index in [0.29, 0.717) is 29.1 Å². The maximum Gasteiger partial charge on any atom is 0.311 e. The molecule has 0 saturated heterocycles. The fourth-order valence-corrected chi connectivity index (χ4v) is 1.88. The van der Waals surface area contributed by atoms with Gasteiger partial charge >= 0.3 is 5.97 Å². The molecule has 0 aromatic carbocycles. The maximum absolute atomic E-state index is 12.0. The molecule has 0 spiro atoms. The van der Waals surface area contributed by atoms with E-state index in [1.807, 2.05) is 0 Å². The van der Waals surface area contributed by atoms with E-state index in [2.05, 4.69) is 10.1 Å². The number of carbonyl (C=O) groups is 2. The normalized spacial score (nSPS) is 10.3. The van der Waals surface area contributed by atoms with Crippen LogP contribution in [0.2, 0.25) is 0 Å². The molecule has 0 aliphatic rings. The number of rotatable bonds is 8. The molecule has 0 aliphatic carbocycles. The van der Waals surface area contributed by atoms with Crippen molar-refractivity contribution in [3.8, 4) is 11.6 Å². The van der Waals surface area contributed by atoms with Gasteiger partial charge in [-0.25, -0.2) is 14.1 Å². The van der Waals surface area contributed by atoms with Gasteiger partial charge in [-0.2, -0.15) is 5.10 Å². The van der Waals surface area contributed by atoms with Crippen molar-refractivity contribution in [1.29, 1.82) is 0 Å². The molecule has 7 nitrogen and oxygen atoms in total. The lowest BCUT2D eigenvalue weighted by Gasteiger charge is -2.04. The third kappa shape index (κ3) is 4.35. The third-order valence-corrected chi connectivity index (χ3v) is 2.88. The van der Waals surface area contributed by atoms with Crippen LogP contribution in [0, 0.1) is 0 Å². The number of aldehydes is 1. The predicted octanol–water partition coefficient (Wildman–Crippen LogP) is 1.53. The quantitative estimate of drug-likeness (QED) is 0.542. The van der Waals surface area contributed by atoms with Crippen LogP contribution in [0.25, 0.3) is 5.69 Å². The summed E-state index contributed by atoms with van der Waals surface area (Å²) in [4.78, 5) is 26.6. The number of carbonyl (C=O) groups excluding carboxylic acids is 2. The number of alkyl halides is 1. The van der Waals surface area contributed by atoms with Gasteiger partial charge in [0.25, 0.3) is 0 Å². The second-order valence-electron chi connectivity index (χ2n) is 4.47. The Kier molecular flexibility index (Phi) is 5.79. The minimum atomic E-state index is -0.595. The molecule has 0 atom stereocenters. The Morgan fingerprint density at radius 1 is 1.43 bits per heavy atom. The summed E-state index contributed by atoms with van der Waals surface area (Å²) in [6.45, 7) is 1.31. The van der Waals surface area contributed by atoms with E-state index >= 15 is 0 Å². The summed E-state index contributed by atoms with van der Waals surface area (Å²) in [6, 6.07) is 3.23. The molecule has 8 heteroatoms. The minimum Gasteiger partial charge on any atom is -0.475 e. The van der Waals surface area contributed by atoms with Crippen molar-refractivity contribution in [2.24, 2.45) is 0 Å². The smallest absolute Gasteiger partial charge is 0.311 e. The molecule has 0 bridgehead atoms. The van der Waals surface area contributed by atoms with E-state index in [9.17, 15) is 14.0 Å². The van der Waals surface area contributed by atoms with Crippen LogP contribution in [0.15, 0.2) is 24.5 Å². The summed E-state index contributed by atoms with van der Waals surface area (Å²) < 4.78 is 23.4. The Hall–Kier alpha value is -2.77. The number of nitrogens with zero attached hydrogens (tertiary/aromatic N) is 3. The van der Waals surface area contributed by atoms with Gasteiger partial charge in [0.15, 0.2) is 6.29 Å². The van der Waals surface area contributed by atoms with Crippen LogP contribution >= 0.6 is 0 Å². The van der Waals surface area contributed by atoms with Crippen LogP contribution < -0.4 is 4.74 Å². The van der Waals surface area contributed by atoms with Crippen LogP contribution in [-0.4, -0.2) is 46.9 Å². The van der Waals surface area contributed by atoms with Crippen LogP contribution in [0.5, 0.6) is 5.88 Å². The summed E-state index contributed by atoms with van der Waals surface area (Å²) >= 11 is 0. The molecule has 0 amide bonds. The average Bonchev–Trinajstić information content (AvgIpc) is 2.96. The van der Waals surface area contributed by atoms with Crippen LogP contribution in [0.1, 0.15) is 23.0 Å². The Labute approximate surface area is 132 Å². The fraction of sp³-hybridized carbons (Fsp3) is 0.333. The van der Waals surface area contributed by atoms with Crippen molar-refractivity contribution >= 4 is 12.3 Å². The highest BCUT2D eigenvalue weighted by Gasteiger charge is 2.14. The van der Waals surface area contributed by atoms with Crippen LogP contribution in [-0.2, 0) is 16.0 Å². The number of hydrogen-bond acceptors (Lipinski definition) is 6. The second-order valence-corrected chi connectivity index (χ2v) is 4.47. The van der Waals surface area contributed by atoms with Gasteiger partial charge in [0.2, 0.25) is 5.88 Å². The Balaban J connectivity index is 2.18. The zero-order chi connectivity index (χ0) is 16.7. The molecule has 0 N–H and O–H groups in total. The molecule has 23 heavy (non-hydrogen) atoms. The van der Waals surface area contributed by atoms with Crippen molar-refractivity contribution in [3.05, 3.63) is 35.8 Å². The van der Waals surface area contributed by atoms with E-state index in [1.54, 1.807) is 19.1 Å². The average molecular weight is 321 g/mol. The number of pyridine rings is 1. The molecule has 2 aromatic heterocycles. The highest BCUT2D eigenvalue weighted by Crippen LogP contribution is 2.14. The molecule has 2 heterocycles. The first-order chi connectivity index (χ1) is 11.2. The van der Waals surface area contributed by atoms with E-state index in [-0.39, 0.29) is 19.6 Å². The Morgan fingerprint density at radius 2 is 2.26 bits per heavy atom. The SMILES string of the molecule is CCOC(=O)Cc1nn(-c2ccc(OCCF)nc2)cc1C=O. The Morgan fingerprint density at radius 3 is 2.87 bits per heavy atom. The lowest BCUT2D eigenvalue weighted by molar-refractivity contribution is -0.142. The first-order valence-electron chi connectivity index (χ1n) is 7.02. The molecular formula is C15H16FN3O4. The van der Waals surface area contributed by atoms with E-state index < -0.39 is 12.6 Å². The highest BCUT2D eigenvalue weighted by molar-refractivity contribution is 5.80. The largest absolute Gasteiger partial charge is 0.475 e. The number of ether oxygens (including phenoxy) is 2. The summed E-state index contributed by atoms with van der Waals surface area (Å²) in [5.74, 6) is -0.158. The molecule has 2 aromatic rings. The highest BCUT2D eigenvalue weighted by atomic mass is 19.1. The van der Waals surface area contributed by atoms with Gasteiger partial charge in [-0.05, 0) is 13.0 Å². The molecule has 0 fully saturated rings. The molecule has 0 unspecified atom stereocenters. The summed E-state index contributed by atoms with van der Waals surface area (Å²) in [7, 11) is 0.